The lowest BCUT2D eigenvalue weighted by atomic mass is 10.2. The Morgan fingerprint density at radius 3 is 2.59 bits per heavy atom. The van der Waals surface area contributed by atoms with Crippen molar-refractivity contribution >= 4 is 23.6 Å². The number of nitrogens with zero attached hydrogens (tertiary/aromatic N) is 6. The van der Waals surface area contributed by atoms with E-state index in [1.165, 1.54) is 6.21 Å². The summed E-state index contributed by atoms with van der Waals surface area (Å²) in [5.74, 6) is 3.21. The number of nitrogens with two attached hydrogens (primary N) is 1. The first-order valence-electron chi connectivity index (χ1n) is 10.1. The van der Waals surface area contributed by atoms with E-state index in [4.69, 9.17) is 20.6 Å². The van der Waals surface area contributed by atoms with Gasteiger partial charge in [0.15, 0.2) is 5.82 Å². The van der Waals surface area contributed by atoms with Crippen LogP contribution in [0.25, 0.3) is 17.2 Å². The third-order valence-corrected chi connectivity index (χ3v) is 4.85. The van der Waals surface area contributed by atoms with Crippen LogP contribution in [0.15, 0.2) is 54.9 Å². The van der Waals surface area contributed by atoms with E-state index in [0.29, 0.717) is 30.6 Å². The molecular weight excluding hydrogens is 408 g/mol. The molecule has 0 amide bonds. The van der Waals surface area contributed by atoms with Gasteiger partial charge in [-0.25, -0.2) is 0 Å². The highest BCUT2D eigenvalue weighted by Gasteiger charge is 2.18. The van der Waals surface area contributed by atoms with Crippen LogP contribution in [-0.2, 0) is 4.74 Å². The Morgan fingerprint density at radius 2 is 1.88 bits per heavy atom. The number of nitrogen functional groups attached to an aromatic ring is 1. The minimum Gasteiger partial charge on any atom is -0.497 e. The third-order valence-electron chi connectivity index (χ3n) is 4.85. The first-order valence-corrected chi connectivity index (χ1v) is 10.1. The monoisotopic (exact) mass is 432 g/mol. The lowest BCUT2D eigenvalue weighted by Gasteiger charge is -2.28. The molecule has 1 aliphatic rings. The summed E-state index contributed by atoms with van der Waals surface area (Å²) in [7, 11) is 1.61. The number of rotatable bonds is 4. The molecule has 0 spiro atoms. The number of nitrogens with one attached hydrogen (secondary N) is 1. The van der Waals surface area contributed by atoms with Gasteiger partial charge in [0.1, 0.15) is 17.4 Å². The number of pyridine rings is 1. The van der Waals surface area contributed by atoms with Gasteiger partial charge in [0.25, 0.3) is 5.78 Å². The van der Waals surface area contributed by atoms with Gasteiger partial charge in [-0.3, -0.25) is 4.98 Å². The number of morpholine rings is 1. The highest BCUT2D eigenvalue weighted by molar-refractivity contribution is 5.77. The van der Waals surface area contributed by atoms with Gasteiger partial charge < -0.3 is 25.5 Å². The van der Waals surface area contributed by atoms with Gasteiger partial charge in [0.2, 0.25) is 0 Å². The summed E-state index contributed by atoms with van der Waals surface area (Å²) in [5, 5.41) is 11.5. The Hall–Kier alpha value is -4.05. The molecule has 0 radical (unpaired) electrons. The van der Waals surface area contributed by atoms with E-state index in [2.05, 4.69) is 25.0 Å². The van der Waals surface area contributed by atoms with E-state index >= 15 is 0 Å². The fraction of sp³-hybridized carbons (Fsp3) is 0.227. The molecule has 4 aromatic rings. The molecule has 1 fully saturated rings. The Morgan fingerprint density at radius 1 is 1.09 bits per heavy atom. The third kappa shape index (κ3) is 4.81. The summed E-state index contributed by atoms with van der Waals surface area (Å²) in [5.41, 5.74) is 7.68. The van der Waals surface area contributed by atoms with E-state index in [-0.39, 0.29) is 0 Å². The average molecular weight is 432 g/mol. The summed E-state index contributed by atoms with van der Waals surface area (Å²) in [4.78, 5) is 14.9. The number of fused-ring (bicyclic) bond motifs is 1. The highest BCUT2D eigenvalue weighted by atomic mass is 16.5. The number of hydrogen-bond acceptors (Lipinski definition) is 9. The average Bonchev–Trinajstić information content (AvgIpc) is 3.29. The molecular formula is C22H24N8O2. The lowest BCUT2D eigenvalue weighted by molar-refractivity contribution is 0.122. The molecule has 0 unspecified atom stereocenters. The second-order valence-electron chi connectivity index (χ2n) is 6.94. The second-order valence-corrected chi connectivity index (χ2v) is 6.94. The van der Waals surface area contributed by atoms with Gasteiger partial charge in [-0.05, 0) is 29.8 Å². The maximum atomic E-state index is 6.93. The van der Waals surface area contributed by atoms with Crippen molar-refractivity contribution in [1.82, 2.24) is 24.6 Å². The van der Waals surface area contributed by atoms with Crippen molar-refractivity contribution in [2.45, 2.75) is 0 Å². The molecule has 1 saturated heterocycles. The van der Waals surface area contributed by atoms with Crippen LogP contribution in [0.5, 0.6) is 5.75 Å². The largest absolute Gasteiger partial charge is 0.497 e. The van der Waals surface area contributed by atoms with Gasteiger partial charge in [0, 0.05) is 43.3 Å². The van der Waals surface area contributed by atoms with Crippen LogP contribution in [0.1, 0.15) is 5.56 Å². The minimum atomic E-state index is 0.433. The number of hydrogen-bond donors (Lipinski definition) is 2. The zero-order valence-electron chi connectivity index (χ0n) is 17.7. The van der Waals surface area contributed by atoms with Gasteiger partial charge >= 0.3 is 0 Å². The van der Waals surface area contributed by atoms with Crippen LogP contribution >= 0.6 is 0 Å². The fourth-order valence-electron chi connectivity index (χ4n) is 3.24. The molecule has 10 heteroatoms. The molecule has 0 saturated carbocycles. The molecule has 0 bridgehead atoms. The number of benzene rings is 1. The first-order chi connectivity index (χ1) is 15.7. The predicted molar refractivity (Wildman–Crippen MR) is 122 cm³/mol. The summed E-state index contributed by atoms with van der Waals surface area (Å²) < 4.78 is 12.1. The number of aromatic nitrogens is 5. The van der Waals surface area contributed by atoms with Crippen LogP contribution in [0.2, 0.25) is 0 Å². The Labute approximate surface area is 185 Å². The Kier molecular flexibility index (Phi) is 6.52. The normalized spacial score (nSPS) is 13.3. The smallest absolute Gasteiger partial charge is 0.256 e. The van der Waals surface area contributed by atoms with Crippen molar-refractivity contribution in [2.24, 2.45) is 0 Å². The fourth-order valence-corrected chi connectivity index (χ4v) is 3.24. The van der Waals surface area contributed by atoms with Crippen LogP contribution in [0.4, 0.5) is 11.6 Å². The molecule has 1 aliphatic heterocycles. The molecule has 0 atom stereocenters. The van der Waals surface area contributed by atoms with Crippen LogP contribution in [0.3, 0.4) is 0 Å². The van der Waals surface area contributed by atoms with Gasteiger partial charge in [-0.15, -0.1) is 5.10 Å². The van der Waals surface area contributed by atoms with Crippen LogP contribution in [0, 0.1) is 5.41 Å². The predicted octanol–water partition coefficient (Wildman–Crippen LogP) is 2.30. The molecule has 10 nitrogen and oxygen atoms in total. The quantitative estimate of drug-likeness (QED) is 0.470. The lowest BCUT2D eigenvalue weighted by Crippen LogP contribution is -2.37. The molecule has 3 N–H and O–H groups in total. The van der Waals surface area contributed by atoms with Crippen LogP contribution in [-0.4, -0.2) is 64.2 Å². The van der Waals surface area contributed by atoms with E-state index in [1.54, 1.807) is 24.0 Å². The number of anilines is 2. The highest BCUT2D eigenvalue weighted by Crippen LogP contribution is 2.22. The molecule has 32 heavy (non-hydrogen) atoms. The van der Waals surface area contributed by atoms with Crippen molar-refractivity contribution in [1.29, 1.82) is 5.41 Å². The molecule has 3 aromatic heterocycles. The molecule has 164 valence electrons. The van der Waals surface area contributed by atoms with Crippen molar-refractivity contribution in [2.75, 3.05) is 44.0 Å². The Balaban J connectivity index is 0.000000207. The van der Waals surface area contributed by atoms with E-state index in [1.807, 2.05) is 42.5 Å². The summed E-state index contributed by atoms with van der Waals surface area (Å²) in [6.45, 7) is 2.97. The van der Waals surface area contributed by atoms with Crippen molar-refractivity contribution in [3.8, 4) is 17.1 Å². The number of ether oxygens (including phenoxy) is 2. The minimum absolute atomic E-state index is 0.433. The molecule has 5 rings (SSSR count). The molecule has 0 aliphatic carbocycles. The standard InChI is InChI=1S/C14H15N7O.C8H9NO/c15-11-9-12(20-5-7-22-8-6-20)21-14(17-11)18-13(19-21)10-1-3-16-4-2-10;1-10-8-4-2-3-7(5-8)6-9/h1-4,9H,5-8H2,(H2,15,17,18,19);2-6,9H,1H3. The molecule has 1 aromatic carbocycles. The van der Waals surface area contributed by atoms with Gasteiger partial charge in [0.05, 0.1) is 20.3 Å². The van der Waals surface area contributed by atoms with E-state index < -0.39 is 0 Å². The summed E-state index contributed by atoms with van der Waals surface area (Å²) >= 11 is 0. The van der Waals surface area contributed by atoms with E-state index in [9.17, 15) is 0 Å². The second kappa shape index (κ2) is 9.84. The van der Waals surface area contributed by atoms with Crippen molar-refractivity contribution in [3.05, 3.63) is 60.4 Å². The van der Waals surface area contributed by atoms with Crippen LogP contribution < -0.4 is 15.4 Å². The van der Waals surface area contributed by atoms with Crippen molar-refractivity contribution in [3.63, 3.8) is 0 Å². The first kappa shape index (κ1) is 21.2. The maximum absolute atomic E-state index is 6.93. The zero-order chi connectivity index (χ0) is 22.3. The number of methoxy groups -OCH3 is 1. The maximum Gasteiger partial charge on any atom is 0.256 e. The van der Waals surface area contributed by atoms with E-state index in [0.717, 1.165) is 35.8 Å². The topological polar surface area (TPSA) is 128 Å². The van der Waals surface area contributed by atoms with Gasteiger partial charge in [-0.2, -0.15) is 14.5 Å². The molecule has 4 heterocycles. The summed E-state index contributed by atoms with van der Waals surface area (Å²) in [6.07, 6.45) is 4.72. The summed E-state index contributed by atoms with van der Waals surface area (Å²) in [6, 6.07) is 12.9. The zero-order valence-corrected chi connectivity index (χ0v) is 17.7. The van der Waals surface area contributed by atoms with Gasteiger partial charge in [-0.1, -0.05) is 12.1 Å². The Bertz CT molecular complexity index is 1190. The van der Waals surface area contributed by atoms with Crippen molar-refractivity contribution < 1.29 is 9.47 Å². The SMILES string of the molecule is COc1cccc(C=N)c1.Nc1cc(N2CCOCC2)n2nc(-c3ccncc3)nc2n1.